The second-order valence-corrected chi connectivity index (χ2v) is 5.41. The van der Waals surface area contributed by atoms with Crippen LogP contribution < -0.4 is 0 Å². The lowest BCUT2D eigenvalue weighted by molar-refractivity contribution is 0.0985. The molecule has 1 heterocycles. The van der Waals surface area contributed by atoms with Crippen molar-refractivity contribution in [3.8, 4) is 0 Å². The maximum atomic E-state index is 11.2. The van der Waals surface area contributed by atoms with E-state index in [-0.39, 0.29) is 23.7 Å². The van der Waals surface area contributed by atoms with Crippen molar-refractivity contribution < 1.29 is 13.2 Å². The smallest absolute Gasteiger partial charge is 0.184 e. The van der Waals surface area contributed by atoms with Gasteiger partial charge in [-0.25, -0.2) is 8.42 Å². The first-order chi connectivity index (χ1) is 5.99. The summed E-state index contributed by atoms with van der Waals surface area (Å²) in [6.07, 6.45) is 2.42. The molecular formula is C6H8N2O3S2. The van der Waals surface area contributed by atoms with E-state index in [1.54, 1.807) is 0 Å². The van der Waals surface area contributed by atoms with Crippen molar-refractivity contribution in [1.29, 1.82) is 0 Å². The van der Waals surface area contributed by atoms with Gasteiger partial charge in [0.1, 0.15) is 15.5 Å². The lowest BCUT2D eigenvalue weighted by Gasteiger charge is -1.94. The van der Waals surface area contributed by atoms with E-state index in [9.17, 15) is 13.2 Å². The molecule has 0 aromatic carbocycles. The highest BCUT2D eigenvalue weighted by molar-refractivity contribution is 7.90. The van der Waals surface area contributed by atoms with E-state index in [0.29, 0.717) is 0 Å². The molecule has 0 spiro atoms. The highest BCUT2D eigenvalue weighted by Gasteiger charge is 2.11. The van der Waals surface area contributed by atoms with Crippen LogP contribution >= 0.6 is 11.7 Å². The molecule has 0 atom stereocenters. The number of sulfone groups is 1. The second kappa shape index (κ2) is 3.93. The summed E-state index contributed by atoms with van der Waals surface area (Å²) < 4.78 is 28.8. The molecule has 0 saturated heterocycles. The van der Waals surface area contributed by atoms with Crippen LogP contribution in [-0.2, 0) is 9.84 Å². The number of nitrogens with zero attached hydrogens (tertiary/aromatic N) is 2. The van der Waals surface area contributed by atoms with E-state index < -0.39 is 9.84 Å². The molecule has 0 unspecified atom stereocenters. The number of rotatable bonds is 4. The molecule has 0 saturated carbocycles. The summed E-state index contributed by atoms with van der Waals surface area (Å²) in [5.74, 6) is -0.414. The fraction of sp³-hybridized carbons (Fsp3) is 0.500. The second-order valence-electron chi connectivity index (χ2n) is 2.60. The van der Waals surface area contributed by atoms with Crippen molar-refractivity contribution in [1.82, 2.24) is 8.75 Å². The molecule has 0 amide bonds. The quantitative estimate of drug-likeness (QED) is 0.675. The normalized spacial score (nSPS) is 11.5. The van der Waals surface area contributed by atoms with Crippen LogP contribution in [0, 0.1) is 0 Å². The van der Waals surface area contributed by atoms with Crippen LogP contribution in [0.2, 0.25) is 0 Å². The van der Waals surface area contributed by atoms with Crippen LogP contribution in [0.3, 0.4) is 0 Å². The molecule has 0 aliphatic carbocycles. The summed E-state index contributed by atoms with van der Waals surface area (Å²) in [6.45, 7) is 0. The van der Waals surface area contributed by atoms with Crippen LogP contribution in [0.5, 0.6) is 0 Å². The van der Waals surface area contributed by atoms with Gasteiger partial charge in [-0.2, -0.15) is 8.75 Å². The fourth-order valence-corrected chi connectivity index (χ4v) is 1.68. The van der Waals surface area contributed by atoms with E-state index >= 15 is 0 Å². The third-order valence-electron chi connectivity index (χ3n) is 1.35. The molecule has 0 bridgehead atoms. The number of hydrogen-bond donors (Lipinski definition) is 0. The maximum absolute atomic E-state index is 11.2. The number of carbonyl (C=O) groups excluding carboxylic acids is 1. The Morgan fingerprint density at radius 3 is 2.77 bits per heavy atom. The summed E-state index contributed by atoms with van der Waals surface area (Å²) >= 11 is 0.931. The predicted molar refractivity (Wildman–Crippen MR) is 48.6 cm³/mol. The summed E-state index contributed by atoms with van der Waals surface area (Å²) in [5, 5.41) is 0. The Morgan fingerprint density at radius 1 is 1.62 bits per heavy atom. The lowest BCUT2D eigenvalue weighted by Crippen LogP contribution is -2.09. The standard InChI is InChI=1S/C6H8N2O3S2/c1-13(10,11)3-2-6(9)5-4-7-12-8-5/h4H,2-3H2,1H3. The van der Waals surface area contributed by atoms with Crippen molar-refractivity contribution in [2.45, 2.75) is 6.42 Å². The van der Waals surface area contributed by atoms with Gasteiger partial charge in [-0.05, 0) is 0 Å². The number of Topliss-reactive ketones (excluding diaryl/α,β-unsaturated/α-hetero) is 1. The third kappa shape index (κ3) is 3.60. The molecule has 72 valence electrons. The Morgan fingerprint density at radius 2 is 2.31 bits per heavy atom. The monoisotopic (exact) mass is 220 g/mol. The number of carbonyl (C=O) groups is 1. The van der Waals surface area contributed by atoms with Crippen LogP contribution in [0.25, 0.3) is 0 Å². The van der Waals surface area contributed by atoms with Crippen molar-refractivity contribution in [3.05, 3.63) is 11.9 Å². The highest BCUT2D eigenvalue weighted by Crippen LogP contribution is 2.01. The third-order valence-corrected chi connectivity index (χ3v) is 2.77. The lowest BCUT2D eigenvalue weighted by atomic mass is 10.2. The van der Waals surface area contributed by atoms with E-state index in [1.165, 1.54) is 6.20 Å². The topological polar surface area (TPSA) is 77.0 Å². The zero-order valence-corrected chi connectivity index (χ0v) is 8.56. The molecule has 7 heteroatoms. The first kappa shape index (κ1) is 10.3. The molecule has 0 N–H and O–H groups in total. The molecule has 0 radical (unpaired) electrons. The van der Waals surface area contributed by atoms with Gasteiger partial charge in [0.25, 0.3) is 0 Å². The van der Waals surface area contributed by atoms with Gasteiger partial charge in [-0.15, -0.1) is 0 Å². The van der Waals surface area contributed by atoms with E-state index in [4.69, 9.17) is 0 Å². The van der Waals surface area contributed by atoms with E-state index in [1.807, 2.05) is 0 Å². The minimum atomic E-state index is -3.08. The average Bonchev–Trinajstić information content (AvgIpc) is 2.50. The van der Waals surface area contributed by atoms with Gasteiger partial charge in [0.05, 0.1) is 23.7 Å². The zero-order chi connectivity index (χ0) is 9.90. The van der Waals surface area contributed by atoms with E-state index in [0.717, 1.165) is 18.0 Å². The molecule has 0 aliphatic rings. The van der Waals surface area contributed by atoms with Crippen LogP contribution in [0.4, 0.5) is 0 Å². The Labute approximate surface area is 80.0 Å². The molecule has 1 aromatic heterocycles. The first-order valence-corrected chi connectivity index (χ1v) is 6.26. The molecule has 1 aromatic rings. The molecule has 0 fully saturated rings. The van der Waals surface area contributed by atoms with Crippen LogP contribution in [0.15, 0.2) is 6.20 Å². The van der Waals surface area contributed by atoms with Crippen molar-refractivity contribution in [2.24, 2.45) is 0 Å². The van der Waals surface area contributed by atoms with Crippen LogP contribution in [-0.4, -0.2) is 35.0 Å². The first-order valence-electron chi connectivity index (χ1n) is 3.47. The van der Waals surface area contributed by atoms with Gasteiger partial charge < -0.3 is 0 Å². The minimum Gasteiger partial charge on any atom is -0.292 e. The van der Waals surface area contributed by atoms with Crippen molar-refractivity contribution in [3.63, 3.8) is 0 Å². The Kier molecular flexibility index (Phi) is 3.10. The molecule has 1 rings (SSSR count). The maximum Gasteiger partial charge on any atom is 0.184 e. The summed E-state index contributed by atoms with van der Waals surface area (Å²) in [7, 11) is -3.08. The van der Waals surface area contributed by atoms with Gasteiger partial charge in [0.2, 0.25) is 0 Å². The SMILES string of the molecule is CS(=O)(=O)CCC(=O)c1cnsn1. The summed E-state index contributed by atoms with van der Waals surface area (Å²) in [5.41, 5.74) is 0.244. The molecule has 5 nitrogen and oxygen atoms in total. The summed E-state index contributed by atoms with van der Waals surface area (Å²) in [4.78, 5) is 11.2. The average molecular weight is 220 g/mol. The number of hydrogen-bond acceptors (Lipinski definition) is 6. The van der Waals surface area contributed by atoms with Crippen molar-refractivity contribution in [2.75, 3.05) is 12.0 Å². The Balaban J connectivity index is 2.53. The highest BCUT2D eigenvalue weighted by atomic mass is 32.2. The van der Waals surface area contributed by atoms with Crippen molar-refractivity contribution >= 4 is 27.3 Å². The van der Waals surface area contributed by atoms with Gasteiger partial charge in [0, 0.05) is 12.7 Å². The predicted octanol–water partition coefficient (Wildman–Crippen LogP) is 0.156. The van der Waals surface area contributed by atoms with Gasteiger partial charge in [-0.3, -0.25) is 4.79 Å². The zero-order valence-electron chi connectivity index (χ0n) is 6.93. The molecular weight excluding hydrogens is 212 g/mol. The summed E-state index contributed by atoms with van der Waals surface area (Å²) in [6, 6.07) is 0. The minimum absolute atomic E-state index is 0.0236. The van der Waals surface area contributed by atoms with Gasteiger partial charge in [-0.1, -0.05) is 0 Å². The Hall–Kier alpha value is -0.820. The van der Waals surface area contributed by atoms with Gasteiger partial charge in [0.15, 0.2) is 5.78 Å². The molecule has 0 aliphatic heterocycles. The van der Waals surface area contributed by atoms with Crippen LogP contribution in [0.1, 0.15) is 16.9 Å². The Bertz CT molecular complexity index is 382. The van der Waals surface area contributed by atoms with E-state index in [2.05, 4.69) is 8.75 Å². The largest absolute Gasteiger partial charge is 0.292 e. The fourth-order valence-electron chi connectivity index (χ4n) is 0.694. The van der Waals surface area contributed by atoms with Gasteiger partial charge >= 0.3 is 0 Å². The molecule has 13 heavy (non-hydrogen) atoms. The number of ketones is 1. The number of aromatic nitrogens is 2.